The Labute approximate surface area is 149 Å². The van der Waals surface area contributed by atoms with Crippen molar-refractivity contribution in [2.45, 2.75) is 31.3 Å². The van der Waals surface area contributed by atoms with Crippen molar-refractivity contribution >= 4 is 15.9 Å². The van der Waals surface area contributed by atoms with E-state index in [9.17, 15) is 13.2 Å². The van der Waals surface area contributed by atoms with Gasteiger partial charge in [-0.1, -0.05) is 30.3 Å². The fourth-order valence-corrected chi connectivity index (χ4v) is 4.10. The smallest absolute Gasteiger partial charge is 0.253 e. The fraction of sp³-hybridized carbons (Fsp3) is 0.316. The fourth-order valence-electron chi connectivity index (χ4n) is 2.47. The monoisotopic (exact) mass is 360 g/mol. The summed E-state index contributed by atoms with van der Waals surface area (Å²) in [6.45, 7) is 4.01. The van der Waals surface area contributed by atoms with E-state index in [1.165, 1.54) is 21.3 Å². The maximum absolute atomic E-state index is 13.0. The van der Waals surface area contributed by atoms with Crippen molar-refractivity contribution in [2.24, 2.45) is 0 Å². The third kappa shape index (κ3) is 4.46. The van der Waals surface area contributed by atoms with Crippen LogP contribution in [-0.2, 0) is 16.6 Å². The molecule has 0 aliphatic rings. The zero-order chi connectivity index (χ0) is 18.6. The summed E-state index contributed by atoms with van der Waals surface area (Å²) in [5.74, 6) is -0.158. The Morgan fingerprint density at radius 1 is 0.960 bits per heavy atom. The molecule has 2 aromatic rings. The van der Waals surface area contributed by atoms with Gasteiger partial charge in [-0.3, -0.25) is 4.79 Å². The van der Waals surface area contributed by atoms with Gasteiger partial charge in [0.1, 0.15) is 0 Å². The third-order valence-corrected chi connectivity index (χ3v) is 5.91. The first kappa shape index (κ1) is 19.1. The molecule has 0 saturated carbocycles. The second kappa shape index (κ2) is 7.80. The van der Waals surface area contributed by atoms with Crippen LogP contribution < -0.4 is 0 Å². The summed E-state index contributed by atoms with van der Waals surface area (Å²) in [7, 11) is -0.333. The van der Waals surface area contributed by atoms with Crippen LogP contribution in [0.15, 0.2) is 59.5 Å². The van der Waals surface area contributed by atoms with Crippen LogP contribution in [0, 0.1) is 0 Å². The van der Waals surface area contributed by atoms with Crippen LogP contribution in [0.2, 0.25) is 0 Å². The summed E-state index contributed by atoms with van der Waals surface area (Å²) in [6.07, 6.45) is 0. The average molecular weight is 360 g/mol. The summed E-state index contributed by atoms with van der Waals surface area (Å²) >= 11 is 0. The average Bonchev–Trinajstić information content (AvgIpc) is 2.59. The minimum atomic E-state index is -3.65. The van der Waals surface area contributed by atoms with Crippen LogP contribution in [0.1, 0.15) is 29.8 Å². The number of nitrogens with zero attached hydrogens (tertiary/aromatic N) is 2. The molecule has 25 heavy (non-hydrogen) atoms. The molecule has 0 aliphatic heterocycles. The van der Waals surface area contributed by atoms with Gasteiger partial charge < -0.3 is 4.90 Å². The van der Waals surface area contributed by atoms with E-state index in [0.717, 1.165) is 5.56 Å². The van der Waals surface area contributed by atoms with Crippen LogP contribution in [-0.4, -0.2) is 43.7 Å². The normalized spacial score (nSPS) is 11.8. The van der Waals surface area contributed by atoms with Crippen molar-refractivity contribution in [3.8, 4) is 0 Å². The first-order valence-corrected chi connectivity index (χ1v) is 9.55. The van der Waals surface area contributed by atoms with Gasteiger partial charge in [0.05, 0.1) is 4.90 Å². The summed E-state index contributed by atoms with van der Waals surface area (Å²) in [6, 6.07) is 15.4. The highest BCUT2D eigenvalue weighted by molar-refractivity contribution is 7.89. The van der Waals surface area contributed by atoms with Crippen LogP contribution in [0.4, 0.5) is 0 Å². The Bertz CT molecular complexity index is 814. The zero-order valence-electron chi connectivity index (χ0n) is 15.0. The maximum atomic E-state index is 13.0. The number of carbonyl (C=O) groups excluding carboxylic acids is 1. The summed E-state index contributed by atoms with van der Waals surface area (Å²) < 4.78 is 27.5. The molecule has 0 bridgehead atoms. The van der Waals surface area contributed by atoms with Gasteiger partial charge in [-0.25, -0.2) is 8.42 Å². The molecule has 2 rings (SSSR count). The minimum absolute atomic E-state index is 0.158. The molecule has 0 atom stereocenters. The second-order valence-electron chi connectivity index (χ2n) is 6.35. The number of carbonyl (C=O) groups is 1. The van der Waals surface area contributed by atoms with Gasteiger partial charge in [0.2, 0.25) is 10.0 Å². The number of sulfonamides is 1. The molecule has 0 spiro atoms. The third-order valence-electron chi connectivity index (χ3n) is 3.87. The molecular weight excluding hydrogens is 336 g/mol. The van der Waals surface area contributed by atoms with E-state index in [4.69, 9.17) is 0 Å². The molecule has 6 heteroatoms. The minimum Gasteiger partial charge on any atom is -0.345 e. The van der Waals surface area contributed by atoms with E-state index in [0.29, 0.717) is 12.1 Å². The molecule has 0 unspecified atom stereocenters. The number of rotatable bonds is 6. The highest BCUT2D eigenvalue weighted by Gasteiger charge is 2.27. The van der Waals surface area contributed by atoms with Crippen molar-refractivity contribution in [3.63, 3.8) is 0 Å². The molecule has 0 fully saturated rings. The predicted molar refractivity (Wildman–Crippen MR) is 98.8 cm³/mol. The standard InChI is InChI=1S/C19H24N2O3S/c1-15(2)21(14-16-8-6-5-7-9-16)25(23,24)18-12-10-17(11-13-18)19(22)20(3)4/h5-13,15H,14H2,1-4H3. The van der Waals surface area contributed by atoms with Crippen molar-refractivity contribution in [1.29, 1.82) is 0 Å². The first-order chi connectivity index (χ1) is 11.7. The molecule has 0 heterocycles. The number of hydrogen-bond donors (Lipinski definition) is 0. The first-order valence-electron chi connectivity index (χ1n) is 8.11. The Balaban J connectivity index is 2.32. The van der Waals surface area contributed by atoms with Crippen molar-refractivity contribution in [3.05, 3.63) is 65.7 Å². The summed E-state index contributed by atoms with van der Waals surface area (Å²) in [4.78, 5) is 13.6. The SMILES string of the molecule is CC(C)N(Cc1ccccc1)S(=O)(=O)c1ccc(C(=O)N(C)C)cc1. The van der Waals surface area contributed by atoms with E-state index >= 15 is 0 Å². The molecule has 0 saturated heterocycles. The Morgan fingerprint density at radius 3 is 2.00 bits per heavy atom. The lowest BCUT2D eigenvalue weighted by atomic mass is 10.2. The van der Waals surface area contributed by atoms with E-state index in [1.807, 2.05) is 44.2 Å². The molecule has 134 valence electrons. The Hall–Kier alpha value is -2.18. The molecule has 0 aliphatic carbocycles. The maximum Gasteiger partial charge on any atom is 0.253 e. The van der Waals surface area contributed by atoms with Gasteiger partial charge in [-0.15, -0.1) is 0 Å². The Morgan fingerprint density at radius 2 is 1.52 bits per heavy atom. The quantitative estimate of drug-likeness (QED) is 0.796. The Kier molecular flexibility index (Phi) is 5.98. The molecule has 5 nitrogen and oxygen atoms in total. The van der Waals surface area contributed by atoms with Gasteiger partial charge >= 0.3 is 0 Å². The molecular formula is C19H24N2O3S. The number of amides is 1. The van der Waals surface area contributed by atoms with E-state index < -0.39 is 10.0 Å². The van der Waals surface area contributed by atoms with Gasteiger partial charge in [0.15, 0.2) is 0 Å². The highest BCUT2D eigenvalue weighted by Crippen LogP contribution is 2.21. The lowest BCUT2D eigenvalue weighted by Gasteiger charge is -2.26. The van der Waals surface area contributed by atoms with E-state index in [-0.39, 0.29) is 16.8 Å². The molecule has 0 aromatic heterocycles. The van der Waals surface area contributed by atoms with Crippen molar-refractivity contribution in [2.75, 3.05) is 14.1 Å². The van der Waals surface area contributed by atoms with Crippen LogP contribution in [0.3, 0.4) is 0 Å². The number of benzene rings is 2. The van der Waals surface area contributed by atoms with Crippen LogP contribution in [0.5, 0.6) is 0 Å². The molecule has 1 amide bonds. The zero-order valence-corrected chi connectivity index (χ0v) is 15.8. The second-order valence-corrected chi connectivity index (χ2v) is 8.24. The van der Waals surface area contributed by atoms with Gasteiger partial charge in [-0.2, -0.15) is 4.31 Å². The molecule has 2 aromatic carbocycles. The summed E-state index contributed by atoms with van der Waals surface area (Å²) in [5, 5.41) is 0. The van der Waals surface area contributed by atoms with E-state index in [1.54, 1.807) is 26.2 Å². The van der Waals surface area contributed by atoms with Crippen LogP contribution >= 0.6 is 0 Å². The summed E-state index contributed by atoms with van der Waals surface area (Å²) in [5.41, 5.74) is 1.39. The van der Waals surface area contributed by atoms with Crippen molar-refractivity contribution < 1.29 is 13.2 Å². The highest BCUT2D eigenvalue weighted by atomic mass is 32.2. The lowest BCUT2D eigenvalue weighted by molar-refractivity contribution is 0.0827. The predicted octanol–water partition coefficient (Wildman–Crippen LogP) is 2.99. The topological polar surface area (TPSA) is 57.7 Å². The number of hydrogen-bond acceptors (Lipinski definition) is 3. The van der Waals surface area contributed by atoms with Crippen LogP contribution in [0.25, 0.3) is 0 Å². The van der Waals surface area contributed by atoms with Gasteiger partial charge in [0, 0.05) is 32.2 Å². The largest absolute Gasteiger partial charge is 0.345 e. The van der Waals surface area contributed by atoms with Gasteiger partial charge in [-0.05, 0) is 43.7 Å². The molecule has 0 N–H and O–H groups in total. The lowest BCUT2D eigenvalue weighted by Crippen LogP contribution is -2.36. The van der Waals surface area contributed by atoms with Crippen molar-refractivity contribution in [1.82, 2.24) is 9.21 Å². The van der Waals surface area contributed by atoms with Gasteiger partial charge in [0.25, 0.3) is 5.91 Å². The molecule has 0 radical (unpaired) electrons. The van der Waals surface area contributed by atoms with E-state index in [2.05, 4.69) is 0 Å².